The van der Waals surface area contributed by atoms with E-state index in [0.717, 1.165) is 5.56 Å². The molecular formula is C10H13ClFNO. The van der Waals surface area contributed by atoms with Crippen molar-refractivity contribution in [1.29, 1.82) is 0 Å². The van der Waals surface area contributed by atoms with Crippen LogP contribution in [0.5, 0.6) is 0 Å². The first kappa shape index (κ1) is 11.4. The van der Waals surface area contributed by atoms with Crippen LogP contribution in [0.4, 0.5) is 4.39 Å². The Morgan fingerprint density at radius 1 is 1.50 bits per heavy atom. The van der Waals surface area contributed by atoms with Crippen molar-refractivity contribution in [1.82, 2.24) is 5.48 Å². The third-order valence-corrected chi connectivity index (χ3v) is 2.30. The standard InChI is InChI=1S/C10H13ClFNO/c1-6(2)8-3-7(5-13-14)4-9(11)10(8)12/h3-4,6,13-14H,5H2,1-2H3. The molecule has 0 spiro atoms. The molecule has 0 aromatic heterocycles. The maximum Gasteiger partial charge on any atom is 0.145 e. The summed E-state index contributed by atoms with van der Waals surface area (Å²) in [5, 5.41) is 8.62. The van der Waals surface area contributed by atoms with E-state index < -0.39 is 0 Å². The lowest BCUT2D eigenvalue weighted by molar-refractivity contribution is 0.161. The molecule has 0 fully saturated rings. The van der Waals surface area contributed by atoms with E-state index in [1.165, 1.54) is 6.07 Å². The van der Waals surface area contributed by atoms with Crippen molar-refractivity contribution < 1.29 is 9.60 Å². The van der Waals surface area contributed by atoms with Gasteiger partial charge in [0.2, 0.25) is 0 Å². The van der Waals surface area contributed by atoms with Crippen LogP contribution in [0.2, 0.25) is 5.02 Å². The fourth-order valence-corrected chi connectivity index (χ4v) is 1.53. The highest BCUT2D eigenvalue weighted by Gasteiger charge is 2.11. The van der Waals surface area contributed by atoms with Crippen LogP contribution >= 0.6 is 11.6 Å². The van der Waals surface area contributed by atoms with E-state index >= 15 is 0 Å². The van der Waals surface area contributed by atoms with Gasteiger partial charge in [0.05, 0.1) is 5.02 Å². The average Bonchev–Trinajstić information content (AvgIpc) is 2.11. The molecule has 0 saturated carbocycles. The molecule has 0 radical (unpaired) electrons. The average molecular weight is 218 g/mol. The molecule has 1 aromatic carbocycles. The summed E-state index contributed by atoms with van der Waals surface area (Å²) in [6.07, 6.45) is 0. The third-order valence-electron chi connectivity index (χ3n) is 2.02. The zero-order chi connectivity index (χ0) is 10.7. The molecule has 0 unspecified atom stereocenters. The van der Waals surface area contributed by atoms with Gasteiger partial charge in [0.25, 0.3) is 0 Å². The predicted molar refractivity (Wildman–Crippen MR) is 54.1 cm³/mol. The fraction of sp³-hybridized carbons (Fsp3) is 0.400. The molecule has 78 valence electrons. The number of hydrogen-bond donors (Lipinski definition) is 2. The Labute approximate surface area is 87.7 Å². The van der Waals surface area contributed by atoms with Crippen LogP contribution in [0, 0.1) is 5.82 Å². The van der Waals surface area contributed by atoms with E-state index in [0.29, 0.717) is 5.56 Å². The molecule has 0 bridgehead atoms. The summed E-state index contributed by atoms with van der Waals surface area (Å²) < 4.78 is 13.5. The Kier molecular flexibility index (Phi) is 3.86. The number of hydrogen-bond acceptors (Lipinski definition) is 2. The number of benzene rings is 1. The molecule has 0 heterocycles. The molecule has 4 heteroatoms. The van der Waals surface area contributed by atoms with Crippen LogP contribution in [-0.2, 0) is 6.54 Å². The maximum atomic E-state index is 13.5. The smallest absolute Gasteiger partial charge is 0.145 e. The molecule has 1 rings (SSSR count). The Balaban J connectivity index is 3.14. The van der Waals surface area contributed by atoms with Crippen LogP contribution in [-0.4, -0.2) is 5.21 Å². The van der Waals surface area contributed by atoms with Crippen molar-refractivity contribution in [3.8, 4) is 0 Å². The van der Waals surface area contributed by atoms with Gasteiger partial charge in [-0.25, -0.2) is 9.87 Å². The van der Waals surface area contributed by atoms with Crippen molar-refractivity contribution in [3.05, 3.63) is 34.1 Å². The summed E-state index contributed by atoms with van der Waals surface area (Å²) in [4.78, 5) is 0. The molecule has 2 N–H and O–H groups in total. The minimum Gasteiger partial charge on any atom is -0.316 e. The number of nitrogens with one attached hydrogen (secondary N) is 1. The first-order chi connectivity index (χ1) is 6.56. The van der Waals surface area contributed by atoms with E-state index in [1.807, 2.05) is 19.3 Å². The zero-order valence-corrected chi connectivity index (χ0v) is 8.90. The number of halogens is 2. The van der Waals surface area contributed by atoms with Crippen molar-refractivity contribution >= 4 is 11.6 Å². The van der Waals surface area contributed by atoms with E-state index in [9.17, 15) is 4.39 Å². The molecule has 1 aromatic rings. The van der Waals surface area contributed by atoms with E-state index in [1.54, 1.807) is 6.07 Å². The molecular weight excluding hydrogens is 205 g/mol. The third kappa shape index (κ3) is 2.44. The van der Waals surface area contributed by atoms with Gasteiger partial charge in [-0.2, -0.15) is 0 Å². The second-order valence-corrected chi connectivity index (χ2v) is 3.88. The van der Waals surface area contributed by atoms with Crippen molar-refractivity contribution in [2.45, 2.75) is 26.3 Å². The lowest BCUT2D eigenvalue weighted by atomic mass is 10.00. The summed E-state index contributed by atoms with van der Waals surface area (Å²) in [6.45, 7) is 4.05. The largest absolute Gasteiger partial charge is 0.316 e. The van der Waals surface area contributed by atoms with Crippen molar-refractivity contribution in [3.63, 3.8) is 0 Å². The SMILES string of the molecule is CC(C)c1cc(CNO)cc(Cl)c1F. The minimum absolute atomic E-state index is 0.0751. The summed E-state index contributed by atoms with van der Waals surface area (Å²) in [5.74, 6) is -0.297. The van der Waals surface area contributed by atoms with Gasteiger partial charge in [-0.1, -0.05) is 31.5 Å². The normalized spacial score (nSPS) is 11.0. The lowest BCUT2D eigenvalue weighted by Gasteiger charge is -2.10. The zero-order valence-electron chi connectivity index (χ0n) is 8.14. The molecule has 0 aliphatic rings. The molecule has 0 atom stereocenters. The van der Waals surface area contributed by atoms with Gasteiger partial charge < -0.3 is 5.21 Å². The first-order valence-corrected chi connectivity index (χ1v) is 4.78. The van der Waals surface area contributed by atoms with E-state index in [-0.39, 0.29) is 23.3 Å². The lowest BCUT2D eigenvalue weighted by Crippen LogP contribution is -2.07. The molecule has 0 saturated heterocycles. The fourth-order valence-electron chi connectivity index (χ4n) is 1.28. The van der Waals surface area contributed by atoms with Gasteiger partial charge in [-0.05, 0) is 23.1 Å². The van der Waals surface area contributed by atoms with E-state index in [2.05, 4.69) is 0 Å². The minimum atomic E-state index is -0.372. The Morgan fingerprint density at radius 3 is 2.64 bits per heavy atom. The van der Waals surface area contributed by atoms with Crippen molar-refractivity contribution in [2.24, 2.45) is 0 Å². The van der Waals surface area contributed by atoms with Crippen LogP contribution < -0.4 is 5.48 Å². The Bertz CT molecular complexity index is 328. The summed E-state index contributed by atoms with van der Waals surface area (Å²) in [6, 6.07) is 3.21. The number of rotatable bonds is 3. The van der Waals surface area contributed by atoms with Gasteiger partial charge in [-0.3, -0.25) is 0 Å². The van der Waals surface area contributed by atoms with Gasteiger partial charge >= 0.3 is 0 Å². The quantitative estimate of drug-likeness (QED) is 0.763. The van der Waals surface area contributed by atoms with Gasteiger partial charge in [0, 0.05) is 6.54 Å². The van der Waals surface area contributed by atoms with Gasteiger partial charge in [0.15, 0.2) is 0 Å². The Hall–Kier alpha value is -0.640. The molecule has 0 aliphatic heterocycles. The van der Waals surface area contributed by atoms with Crippen LogP contribution in [0.15, 0.2) is 12.1 Å². The molecule has 14 heavy (non-hydrogen) atoms. The van der Waals surface area contributed by atoms with Crippen LogP contribution in [0.3, 0.4) is 0 Å². The van der Waals surface area contributed by atoms with Gasteiger partial charge in [0.1, 0.15) is 5.82 Å². The first-order valence-electron chi connectivity index (χ1n) is 4.41. The van der Waals surface area contributed by atoms with Crippen molar-refractivity contribution in [2.75, 3.05) is 0 Å². The number of hydroxylamine groups is 1. The highest BCUT2D eigenvalue weighted by Crippen LogP contribution is 2.26. The predicted octanol–water partition coefficient (Wildman–Crippen LogP) is 3.08. The van der Waals surface area contributed by atoms with Crippen LogP contribution in [0.1, 0.15) is 30.9 Å². The van der Waals surface area contributed by atoms with E-state index in [4.69, 9.17) is 16.8 Å². The maximum absolute atomic E-state index is 13.5. The topological polar surface area (TPSA) is 32.3 Å². The summed E-state index contributed by atoms with van der Waals surface area (Å²) in [7, 11) is 0. The molecule has 0 amide bonds. The monoisotopic (exact) mass is 217 g/mol. The summed E-state index contributed by atoms with van der Waals surface area (Å²) >= 11 is 5.71. The molecule has 0 aliphatic carbocycles. The second kappa shape index (κ2) is 4.73. The summed E-state index contributed by atoms with van der Waals surface area (Å²) in [5.41, 5.74) is 3.35. The van der Waals surface area contributed by atoms with Gasteiger partial charge in [-0.15, -0.1) is 0 Å². The molecule has 2 nitrogen and oxygen atoms in total. The highest BCUT2D eigenvalue weighted by molar-refractivity contribution is 6.30. The Morgan fingerprint density at radius 2 is 2.14 bits per heavy atom. The second-order valence-electron chi connectivity index (χ2n) is 3.47. The van der Waals surface area contributed by atoms with Crippen LogP contribution in [0.25, 0.3) is 0 Å². The highest BCUT2D eigenvalue weighted by atomic mass is 35.5.